The molecule has 2 bridgehead atoms. The van der Waals surface area contributed by atoms with Crippen LogP contribution in [0.3, 0.4) is 0 Å². The third kappa shape index (κ3) is 2.96. The second-order valence-corrected chi connectivity index (χ2v) is 8.37. The standard InChI is InChI=1S/C23H24N2O7/c1-27-21(28-2)14-8-17-19(18(9-14)29-11-13-6-4-3-5-7-13)15-12-30-22(26)31-23(15)20-16(24-20)10-25(17)32-23/h3-9,15-16,20-21,24H,10-12H2,1-2H3/t15-,16-,20-,23-/m0/s1. The summed E-state index contributed by atoms with van der Waals surface area (Å²) in [5.41, 5.74) is 3.56. The van der Waals surface area contributed by atoms with Gasteiger partial charge in [-0.05, 0) is 17.7 Å². The predicted octanol–water partition coefficient (Wildman–Crippen LogP) is 2.61. The number of fused-ring (bicyclic) bond motifs is 5. The van der Waals surface area contributed by atoms with Crippen molar-refractivity contribution < 1.29 is 33.3 Å². The summed E-state index contributed by atoms with van der Waals surface area (Å²) < 4.78 is 28.4. The number of carbonyl (C=O) groups excluding carboxylic acids is 1. The highest BCUT2D eigenvalue weighted by molar-refractivity contribution is 5.69. The Kier molecular flexibility index (Phi) is 4.55. The molecule has 9 heteroatoms. The fourth-order valence-electron chi connectivity index (χ4n) is 5.02. The Morgan fingerprint density at radius 3 is 2.81 bits per heavy atom. The van der Waals surface area contributed by atoms with Crippen LogP contribution in [-0.2, 0) is 30.4 Å². The molecule has 0 saturated carbocycles. The van der Waals surface area contributed by atoms with Gasteiger partial charge in [0.15, 0.2) is 6.29 Å². The maximum atomic E-state index is 12.1. The molecule has 3 fully saturated rings. The fraction of sp³-hybridized carbons (Fsp3) is 0.435. The summed E-state index contributed by atoms with van der Waals surface area (Å²) in [7, 11) is 3.18. The number of methoxy groups -OCH3 is 2. The van der Waals surface area contributed by atoms with Gasteiger partial charge in [-0.3, -0.25) is 0 Å². The maximum absolute atomic E-state index is 12.1. The Balaban J connectivity index is 1.47. The summed E-state index contributed by atoms with van der Waals surface area (Å²) >= 11 is 0. The van der Waals surface area contributed by atoms with Crippen molar-refractivity contribution in [3.05, 3.63) is 59.2 Å². The number of anilines is 1. The van der Waals surface area contributed by atoms with Gasteiger partial charge in [-0.25, -0.2) is 14.7 Å². The second-order valence-electron chi connectivity index (χ2n) is 8.37. The van der Waals surface area contributed by atoms with E-state index in [2.05, 4.69) is 5.32 Å². The predicted molar refractivity (Wildman–Crippen MR) is 111 cm³/mol. The minimum Gasteiger partial charge on any atom is -0.489 e. The average molecular weight is 440 g/mol. The molecule has 0 unspecified atom stereocenters. The summed E-state index contributed by atoms with van der Waals surface area (Å²) in [5, 5.41) is 5.18. The lowest BCUT2D eigenvalue weighted by atomic mass is 9.82. The maximum Gasteiger partial charge on any atom is 0.510 e. The van der Waals surface area contributed by atoms with Crippen molar-refractivity contribution in [1.82, 2.24) is 5.32 Å². The molecule has 0 aliphatic carbocycles. The van der Waals surface area contributed by atoms with Crippen LogP contribution in [0.5, 0.6) is 5.75 Å². The lowest BCUT2D eigenvalue weighted by molar-refractivity contribution is -0.273. The van der Waals surface area contributed by atoms with E-state index in [1.54, 1.807) is 19.3 Å². The van der Waals surface area contributed by atoms with E-state index in [-0.39, 0.29) is 24.6 Å². The van der Waals surface area contributed by atoms with Gasteiger partial charge in [0.1, 0.15) is 19.0 Å². The highest BCUT2D eigenvalue weighted by atomic mass is 16.9. The Bertz CT molecular complexity index is 1040. The van der Waals surface area contributed by atoms with Crippen LogP contribution >= 0.6 is 0 Å². The van der Waals surface area contributed by atoms with Crippen molar-refractivity contribution in [2.45, 2.75) is 36.7 Å². The average Bonchev–Trinajstić information content (AvgIpc) is 3.60. The highest BCUT2D eigenvalue weighted by Gasteiger charge is 2.70. The first-order valence-corrected chi connectivity index (χ1v) is 10.6. The van der Waals surface area contributed by atoms with Gasteiger partial charge >= 0.3 is 6.16 Å². The van der Waals surface area contributed by atoms with Crippen LogP contribution in [0.4, 0.5) is 10.5 Å². The van der Waals surface area contributed by atoms with E-state index in [1.165, 1.54) is 0 Å². The minimum atomic E-state index is -1.15. The molecular formula is C23H24N2O7. The fourth-order valence-corrected chi connectivity index (χ4v) is 5.02. The Hall–Kier alpha value is -2.85. The van der Waals surface area contributed by atoms with Crippen LogP contribution < -0.4 is 15.1 Å². The molecule has 1 spiro atoms. The first kappa shape index (κ1) is 19.8. The molecule has 4 aliphatic rings. The number of benzene rings is 2. The van der Waals surface area contributed by atoms with Crippen molar-refractivity contribution in [2.75, 3.05) is 32.4 Å². The molecule has 2 aromatic rings. The monoisotopic (exact) mass is 440 g/mol. The first-order valence-electron chi connectivity index (χ1n) is 10.6. The van der Waals surface area contributed by atoms with Gasteiger partial charge in [0.05, 0.1) is 24.2 Å². The highest BCUT2D eigenvalue weighted by Crippen LogP contribution is 2.56. The molecule has 32 heavy (non-hydrogen) atoms. The van der Waals surface area contributed by atoms with Crippen LogP contribution in [0.25, 0.3) is 0 Å². The Labute approximate surface area is 185 Å². The van der Waals surface area contributed by atoms with Gasteiger partial charge in [0.25, 0.3) is 5.79 Å². The molecule has 3 saturated heterocycles. The van der Waals surface area contributed by atoms with E-state index in [0.29, 0.717) is 18.9 Å². The zero-order valence-corrected chi connectivity index (χ0v) is 17.8. The lowest BCUT2D eigenvalue weighted by Gasteiger charge is -2.51. The molecule has 4 heterocycles. The second kappa shape index (κ2) is 7.35. The third-order valence-electron chi connectivity index (χ3n) is 6.53. The summed E-state index contributed by atoms with van der Waals surface area (Å²) in [6.45, 7) is 1.15. The third-order valence-corrected chi connectivity index (χ3v) is 6.53. The molecule has 4 aliphatic heterocycles. The van der Waals surface area contributed by atoms with Crippen molar-refractivity contribution in [1.29, 1.82) is 0 Å². The van der Waals surface area contributed by atoms with Gasteiger partial charge in [0, 0.05) is 31.4 Å². The Morgan fingerprint density at radius 1 is 1.22 bits per heavy atom. The van der Waals surface area contributed by atoms with Gasteiger partial charge in [-0.1, -0.05) is 30.3 Å². The quantitative estimate of drug-likeness (QED) is 0.413. The number of cyclic esters (lactones) is 1. The number of hydroxylamine groups is 1. The normalized spacial score (nSPS) is 29.4. The molecule has 168 valence electrons. The van der Waals surface area contributed by atoms with Crippen molar-refractivity contribution in [2.24, 2.45) is 0 Å². The van der Waals surface area contributed by atoms with Crippen LogP contribution in [0, 0.1) is 0 Å². The van der Waals surface area contributed by atoms with E-state index in [4.69, 9.17) is 28.5 Å². The molecule has 9 nitrogen and oxygen atoms in total. The van der Waals surface area contributed by atoms with Crippen molar-refractivity contribution >= 4 is 11.8 Å². The summed E-state index contributed by atoms with van der Waals surface area (Å²) in [6, 6.07) is 13.9. The summed E-state index contributed by atoms with van der Waals surface area (Å²) in [6.07, 6.45) is -1.29. The van der Waals surface area contributed by atoms with E-state index in [1.807, 2.05) is 42.5 Å². The van der Waals surface area contributed by atoms with Gasteiger partial charge in [-0.2, -0.15) is 0 Å². The van der Waals surface area contributed by atoms with E-state index in [9.17, 15) is 4.79 Å². The molecule has 0 radical (unpaired) electrons. The van der Waals surface area contributed by atoms with E-state index >= 15 is 0 Å². The van der Waals surface area contributed by atoms with E-state index in [0.717, 1.165) is 22.4 Å². The van der Waals surface area contributed by atoms with Crippen LogP contribution in [0.2, 0.25) is 0 Å². The molecule has 0 amide bonds. The van der Waals surface area contributed by atoms with Crippen molar-refractivity contribution in [3.8, 4) is 5.75 Å². The molecule has 0 aromatic heterocycles. The number of nitrogens with one attached hydrogen (secondary N) is 1. The number of carbonyl (C=O) groups is 1. The first-order chi connectivity index (χ1) is 15.6. The lowest BCUT2D eigenvalue weighted by Crippen LogP contribution is -2.63. The summed E-state index contributed by atoms with van der Waals surface area (Å²) in [4.78, 5) is 18.4. The van der Waals surface area contributed by atoms with Crippen LogP contribution in [0.1, 0.15) is 28.9 Å². The van der Waals surface area contributed by atoms with E-state index < -0.39 is 18.2 Å². The van der Waals surface area contributed by atoms with Crippen LogP contribution in [-0.4, -0.2) is 51.4 Å². The SMILES string of the molecule is COC(OC)c1cc(OCc2ccccc2)c2c(c1)N1C[C@@H]3N[C@@H]3[C@@]3(OC(=O)OC[C@@H]23)O1. The van der Waals surface area contributed by atoms with Crippen molar-refractivity contribution in [3.63, 3.8) is 0 Å². The number of hydrogen-bond donors (Lipinski definition) is 1. The number of rotatable bonds is 6. The minimum absolute atomic E-state index is 0.0860. The molecule has 4 atom stereocenters. The zero-order chi connectivity index (χ0) is 21.9. The van der Waals surface area contributed by atoms with Gasteiger partial charge < -0.3 is 29.0 Å². The smallest absolute Gasteiger partial charge is 0.489 e. The number of nitrogens with zero attached hydrogens (tertiary/aromatic N) is 1. The Morgan fingerprint density at radius 2 is 2.03 bits per heavy atom. The van der Waals surface area contributed by atoms with Gasteiger partial charge in [-0.15, -0.1) is 0 Å². The molecular weight excluding hydrogens is 416 g/mol. The topological polar surface area (TPSA) is 97.6 Å². The number of hydrogen-bond acceptors (Lipinski definition) is 9. The molecule has 1 N–H and O–H groups in total. The molecule has 2 aromatic carbocycles. The molecule has 6 rings (SSSR count). The van der Waals surface area contributed by atoms with Crippen LogP contribution in [0.15, 0.2) is 42.5 Å². The van der Waals surface area contributed by atoms with Gasteiger partial charge in [0.2, 0.25) is 0 Å². The summed E-state index contributed by atoms with van der Waals surface area (Å²) in [5.74, 6) is -0.846. The largest absolute Gasteiger partial charge is 0.510 e. The number of ether oxygens (including phenoxy) is 5. The zero-order valence-electron chi connectivity index (χ0n) is 17.8.